The molecule has 0 bridgehead atoms. The van der Waals surface area contributed by atoms with E-state index in [1.807, 2.05) is 62.4 Å². The second kappa shape index (κ2) is 5.80. The number of fused-ring (bicyclic) bond motifs is 3. The van der Waals surface area contributed by atoms with E-state index < -0.39 is 0 Å². The molecule has 0 saturated carbocycles. The smallest absolute Gasteiger partial charge is 0.191 e. The molecule has 2 aromatic heterocycles. The minimum atomic E-state index is 0.134. The van der Waals surface area contributed by atoms with Crippen LogP contribution in [0.1, 0.15) is 13.8 Å². The Morgan fingerprint density at radius 1 is 1.00 bits per heavy atom. The monoisotopic (exact) mass is 338 g/mol. The lowest BCUT2D eigenvalue weighted by molar-refractivity contribution is 0.242. The van der Waals surface area contributed by atoms with Crippen LogP contribution in [0, 0.1) is 0 Å². The minimum absolute atomic E-state index is 0.134. The van der Waals surface area contributed by atoms with E-state index in [0.717, 1.165) is 27.8 Å². The Kier molecular flexibility index (Phi) is 3.62. The van der Waals surface area contributed by atoms with Gasteiger partial charge >= 0.3 is 0 Å². The molecule has 0 radical (unpaired) electrons. The van der Waals surface area contributed by atoms with E-state index in [9.17, 15) is 0 Å². The number of hydrogen-bond donors (Lipinski definition) is 0. The maximum Gasteiger partial charge on any atom is 0.191 e. The molecular formula is C19H15ClN2O2. The van der Waals surface area contributed by atoms with Crippen LogP contribution >= 0.6 is 11.6 Å². The van der Waals surface area contributed by atoms with Gasteiger partial charge in [0.1, 0.15) is 16.8 Å². The van der Waals surface area contributed by atoms with Crippen LogP contribution in [-0.4, -0.2) is 16.1 Å². The normalized spacial score (nSPS) is 11.5. The molecule has 24 heavy (non-hydrogen) atoms. The Morgan fingerprint density at radius 2 is 1.75 bits per heavy atom. The zero-order valence-electron chi connectivity index (χ0n) is 13.3. The third kappa shape index (κ3) is 2.59. The van der Waals surface area contributed by atoms with E-state index in [2.05, 4.69) is 9.97 Å². The predicted molar refractivity (Wildman–Crippen MR) is 95.5 cm³/mol. The van der Waals surface area contributed by atoms with E-state index >= 15 is 0 Å². The van der Waals surface area contributed by atoms with Gasteiger partial charge in [0.2, 0.25) is 0 Å². The maximum absolute atomic E-state index is 6.31. The maximum atomic E-state index is 6.31. The summed E-state index contributed by atoms with van der Waals surface area (Å²) in [4.78, 5) is 9.03. The molecule has 2 heterocycles. The van der Waals surface area contributed by atoms with Crippen molar-refractivity contribution in [2.45, 2.75) is 20.0 Å². The topological polar surface area (TPSA) is 48.2 Å². The molecule has 4 aromatic rings. The molecule has 0 spiro atoms. The molecule has 0 aliphatic rings. The van der Waals surface area contributed by atoms with E-state index in [4.69, 9.17) is 20.8 Å². The Morgan fingerprint density at radius 3 is 2.50 bits per heavy atom. The first-order valence-corrected chi connectivity index (χ1v) is 8.11. The lowest BCUT2D eigenvalue weighted by Gasteiger charge is -2.09. The molecule has 0 aliphatic heterocycles. The largest absolute Gasteiger partial charge is 0.491 e. The highest BCUT2D eigenvalue weighted by Gasteiger charge is 2.15. The van der Waals surface area contributed by atoms with E-state index in [0.29, 0.717) is 16.6 Å². The van der Waals surface area contributed by atoms with E-state index in [-0.39, 0.29) is 6.10 Å². The number of hydrogen-bond acceptors (Lipinski definition) is 4. The number of nitrogens with zero attached hydrogens (tertiary/aromatic N) is 2. The number of furan rings is 1. The highest BCUT2D eigenvalue weighted by Crippen LogP contribution is 2.33. The predicted octanol–water partition coefficient (Wildman–Crippen LogP) is 5.48. The number of para-hydroxylation sites is 1. The van der Waals surface area contributed by atoms with Crippen molar-refractivity contribution in [1.29, 1.82) is 0 Å². The van der Waals surface area contributed by atoms with Crippen LogP contribution in [-0.2, 0) is 0 Å². The zero-order chi connectivity index (χ0) is 16.7. The zero-order valence-corrected chi connectivity index (χ0v) is 14.0. The molecule has 4 nitrogen and oxygen atoms in total. The lowest BCUT2D eigenvalue weighted by atomic mass is 10.2. The van der Waals surface area contributed by atoms with E-state index in [1.54, 1.807) is 0 Å². The van der Waals surface area contributed by atoms with Crippen LogP contribution in [0.4, 0.5) is 0 Å². The molecule has 0 aliphatic carbocycles. The van der Waals surface area contributed by atoms with Crippen LogP contribution in [0.3, 0.4) is 0 Å². The third-order valence-electron chi connectivity index (χ3n) is 3.66. The van der Waals surface area contributed by atoms with Crippen molar-refractivity contribution >= 4 is 33.7 Å². The molecule has 0 atom stereocenters. The second-order valence-corrected chi connectivity index (χ2v) is 6.16. The van der Waals surface area contributed by atoms with Crippen LogP contribution in [0.15, 0.2) is 52.9 Å². The highest BCUT2D eigenvalue weighted by molar-refractivity contribution is 6.34. The highest BCUT2D eigenvalue weighted by atomic mass is 35.5. The molecule has 0 amide bonds. The second-order valence-electron chi connectivity index (χ2n) is 5.80. The van der Waals surface area contributed by atoms with Crippen molar-refractivity contribution < 1.29 is 9.15 Å². The molecule has 5 heteroatoms. The van der Waals surface area contributed by atoms with Crippen LogP contribution in [0.25, 0.3) is 33.5 Å². The lowest BCUT2D eigenvalue weighted by Crippen LogP contribution is -2.05. The SMILES string of the molecule is CC(C)Oc1ccc(-c2nc(Cl)c3oc4ccccc4c3n2)cc1. The summed E-state index contributed by atoms with van der Waals surface area (Å²) in [5.74, 6) is 1.38. The average Bonchev–Trinajstić information content (AvgIpc) is 2.94. The first-order chi connectivity index (χ1) is 11.6. The van der Waals surface area contributed by atoms with E-state index in [1.165, 1.54) is 0 Å². The third-order valence-corrected chi connectivity index (χ3v) is 3.92. The quantitative estimate of drug-likeness (QED) is 0.464. The van der Waals surface area contributed by atoms with Gasteiger partial charge in [-0.25, -0.2) is 9.97 Å². The number of benzene rings is 2. The summed E-state index contributed by atoms with van der Waals surface area (Å²) in [6, 6.07) is 15.4. The Bertz CT molecular complexity index is 1020. The number of rotatable bonds is 3. The molecular weight excluding hydrogens is 324 g/mol. The van der Waals surface area contributed by atoms with Crippen molar-refractivity contribution in [3.05, 3.63) is 53.7 Å². The van der Waals surface area contributed by atoms with Crippen molar-refractivity contribution in [2.75, 3.05) is 0 Å². The van der Waals surface area contributed by atoms with Gasteiger partial charge in [-0.3, -0.25) is 0 Å². The number of aromatic nitrogens is 2. The summed E-state index contributed by atoms with van der Waals surface area (Å²) in [5.41, 5.74) is 2.87. The van der Waals surface area contributed by atoms with Crippen molar-refractivity contribution in [3.63, 3.8) is 0 Å². The van der Waals surface area contributed by atoms with Crippen molar-refractivity contribution in [2.24, 2.45) is 0 Å². The van der Waals surface area contributed by atoms with Crippen LogP contribution in [0.2, 0.25) is 5.15 Å². The molecule has 2 aromatic carbocycles. The molecule has 120 valence electrons. The van der Waals surface area contributed by atoms with Gasteiger partial charge in [-0.15, -0.1) is 0 Å². The fourth-order valence-corrected chi connectivity index (χ4v) is 2.85. The van der Waals surface area contributed by atoms with Gasteiger partial charge in [-0.05, 0) is 50.2 Å². The number of halogens is 1. The van der Waals surface area contributed by atoms with Crippen molar-refractivity contribution in [1.82, 2.24) is 9.97 Å². The molecule has 4 rings (SSSR count). The van der Waals surface area contributed by atoms with Gasteiger partial charge in [0, 0.05) is 10.9 Å². The Hall–Kier alpha value is -2.59. The Labute approximate surface area is 144 Å². The molecule has 0 N–H and O–H groups in total. The van der Waals surface area contributed by atoms with Crippen LogP contribution in [0.5, 0.6) is 5.75 Å². The average molecular weight is 339 g/mol. The standard InChI is InChI=1S/C19H15ClN2O2/c1-11(2)23-13-9-7-12(8-10-13)19-21-16-14-5-3-4-6-15(14)24-17(16)18(20)22-19/h3-11H,1-2H3. The minimum Gasteiger partial charge on any atom is -0.491 e. The molecule has 0 fully saturated rings. The first-order valence-electron chi connectivity index (χ1n) is 7.73. The fraction of sp³-hybridized carbons (Fsp3) is 0.158. The van der Waals surface area contributed by atoms with Crippen LogP contribution < -0.4 is 4.74 Å². The van der Waals surface area contributed by atoms with Gasteiger partial charge in [-0.2, -0.15) is 0 Å². The van der Waals surface area contributed by atoms with Crippen molar-refractivity contribution in [3.8, 4) is 17.1 Å². The van der Waals surface area contributed by atoms with Gasteiger partial charge in [0.25, 0.3) is 0 Å². The Balaban J connectivity index is 1.83. The summed E-state index contributed by atoms with van der Waals surface area (Å²) < 4.78 is 11.4. The van der Waals surface area contributed by atoms with Gasteiger partial charge < -0.3 is 9.15 Å². The molecule has 0 saturated heterocycles. The van der Waals surface area contributed by atoms with Gasteiger partial charge in [0.15, 0.2) is 16.6 Å². The first kappa shape index (κ1) is 15.0. The summed E-state index contributed by atoms with van der Waals surface area (Å²) in [5, 5.41) is 1.24. The summed E-state index contributed by atoms with van der Waals surface area (Å²) in [6.07, 6.45) is 0.134. The fourth-order valence-electron chi connectivity index (χ4n) is 2.64. The summed E-state index contributed by atoms with van der Waals surface area (Å²) >= 11 is 6.31. The van der Waals surface area contributed by atoms with Gasteiger partial charge in [-0.1, -0.05) is 23.7 Å². The number of ether oxygens (including phenoxy) is 1. The van der Waals surface area contributed by atoms with Gasteiger partial charge in [0.05, 0.1) is 6.10 Å². The summed E-state index contributed by atoms with van der Waals surface area (Å²) in [7, 11) is 0. The summed E-state index contributed by atoms with van der Waals surface area (Å²) in [6.45, 7) is 3.99. The molecule has 0 unspecified atom stereocenters.